The fraction of sp³-hybridized carbons (Fsp3) is 0.556. The van der Waals surface area contributed by atoms with E-state index < -0.39 is 0 Å². The van der Waals surface area contributed by atoms with E-state index in [4.69, 9.17) is 11.6 Å². The third kappa shape index (κ3) is 3.44. The standard InChI is InChI=1S/C9H14ClN3OS/c1-12(2)4-5-13(3)9-11-8(10)7(6-14)15-9/h6H,4-5H2,1-3H3. The molecule has 6 heteroatoms. The van der Waals surface area contributed by atoms with Crippen molar-refractivity contribution in [3.05, 3.63) is 10.0 Å². The van der Waals surface area contributed by atoms with Crippen molar-refractivity contribution < 1.29 is 4.79 Å². The van der Waals surface area contributed by atoms with Crippen LogP contribution in [-0.2, 0) is 0 Å². The van der Waals surface area contributed by atoms with E-state index in [2.05, 4.69) is 9.88 Å². The first-order valence-corrected chi connectivity index (χ1v) is 5.71. The molecule has 0 saturated heterocycles. The molecule has 15 heavy (non-hydrogen) atoms. The maximum atomic E-state index is 10.6. The van der Waals surface area contributed by atoms with Crippen molar-refractivity contribution >= 4 is 34.4 Å². The first-order valence-electron chi connectivity index (χ1n) is 4.52. The summed E-state index contributed by atoms with van der Waals surface area (Å²) in [6, 6.07) is 0. The summed E-state index contributed by atoms with van der Waals surface area (Å²) in [6.45, 7) is 1.79. The molecule has 0 aliphatic carbocycles. The van der Waals surface area contributed by atoms with Crippen LogP contribution < -0.4 is 4.90 Å². The number of aldehydes is 1. The van der Waals surface area contributed by atoms with E-state index in [-0.39, 0.29) is 0 Å². The van der Waals surface area contributed by atoms with E-state index >= 15 is 0 Å². The Morgan fingerprint density at radius 1 is 1.40 bits per heavy atom. The first-order chi connectivity index (χ1) is 7.04. The van der Waals surface area contributed by atoms with Gasteiger partial charge in [-0.15, -0.1) is 0 Å². The third-order valence-electron chi connectivity index (χ3n) is 1.91. The monoisotopic (exact) mass is 247 g/mol. The number of thiazole rings is 1. The maximum Gasteiger partial charge on any atom is 0.187 e. The van der Waals surface area contributed by atoms with E-state index in [9.17, 15) is 4.79 Å². The minimum atomic E-state index is 0.293. The minimum absolute atomic E-state index is 0.293. The number of hydrogen-bond acceptors (Lipinski definition) is 5. The number of carbonyl (C=O) groups is 1. The summed E-state index contributed by atoms with van der Waals surface area (Å²) in [6.07, 6.45) is 0.739. The lowest BCUT2D eigenvalue weighted by Gasteiger charge is -2.18. The number of carbonyl (C=O) groups excluding carboxylic acids is 1. The zero-order valence-electron chi connectivity index (χ0n) is 9.03. The Morgan fingerprint density at radius 2 is 2.07 bits per heavy atom. The number of likely N-dealkylation sites (N-methyl/N-ethyl adjacent to an activating group) is 2. The van der Waals surface area contributed by atoms with Crippen LogP contribution in [0.5, 0.6) is 0 Å². The number of halogens is 1. The molecule has 1 aromatic rings. The Labute approximate surface area is 98.5 Å². The highest BCUT2D eigenvalue weighted by molar-refractivity contribution is 7.17. The van der Waals surface area contributed by atoms with Crippen LogP contribution in [0.15, 0.2) is 0 Å². The topological polar surface area (TPSA) is 36.4 Å². The lowest BCUT2D eigenvalue weighted by atomic mass is 10.5. The zero-order valence-corrected chi connectivity index (χ0v) is 10.6. The smallest absolute Gasteiger partial charge is 0.187 e. The molecule has 0 radical (unpaired) electrons. The quantitative estimate of drug-likeness (QED) is 0.741. The fourth-order valence-corrected chi connectivity index (χ4v) is 2.03. The average molecular weight is 248 g/mol. The van der Waals surface area contributed by atoms with Gasteiger partial charge in [0.1, 0.15) is 4.88 Å². The average Bonchev–Trinajstić information content (AvgIpc) is 2.56. The molecule has 0 bridgehead atoms. The summed E-state index contributed by atoms with van der Waals surface area (Å²) < 4.78 is 0. The van der Waals surface area contributed by atoms with Gasteiger partial charge in [0.15, 0.2) is 16.6 Å². The fourth-order valence-electron chi connectivity index (χ4n) is 0.984. The second-order valence-electron chi connectivity index (χ2n) is 3.49. The predicted molar refractivity (Wildman–Crippen MR) is 64.3 cm³/mol. The van der Waals surface area contributed by atoms with Crippen LogP contribution in [0, 0.1) is 0 Å². The second-order valence-corrected chi connectivity index (χ2v) is 4.86. The van der Waals surface area contributed by atoms with Crippen LogP contribution in [0.4, 0.5) is 5.13 Å². The third-order valence-corrected chi connectivity index (χ3v) is 3.41. The highest BCUT2D eigenvalue weighted by Gasteiger charge is 2.11. The molecule has 0 N–H and O–H groups in total. The number of aromatic nitrogens is 1. The van der Waals surface area contributed by atoms with E-state index in [0.29, 0.717) is 10.0 Å². The SMILES string of the molecule is CN(C)CCN(C)c1nc(Cl)c(C=O)s1. The molecule has 1 rings (SSSR count). The van der Waals surface area contributed by atoms with Gasteiger partial charge in [-0.2, -0.15) is 0 Å². The van der Waals surface area contributed by atoms with Crippen LogP contribution in [-0.4, -0.2) is 50.4 Å². The van der Waals surface area contributed by atoms with Crippen LogP contribution in [0.25, 0.3) is 0 Å². The molecule has 0 amide bonds. The van der Waals surface area contributed by atoms with Crippen molar-refractivity contribution in [2.24, 2.45) is 0 Å². The molecular formula is C9H14ClN3OS. The Kier molecular flexibility index (Phi) is 4.50. The van der Waals surface area contributed by atoms with Crippen molar-refractivity contribution in [1.29, 1.82) is 0 Å². The van der Waals surface area contributed by atoms with Crippen LogP contribution in [0.3, 0.4) is 0 Å². The van der Waals surface area contributed by atoms with E-state index in [1.807, 2.05) is 26.0 Å². The summed E-state index contributed by atoms with van der Waals surface area (Å²) >= 11 is 7.10. The van der Waals surface area contributed by atoms with Crippen molar-refractivity contribution in [3.8, 4) is 0 Å². The van der Waals surface area contributed by atoms with E-state index in [0.717, 1.165) is 24.5 Å². The van der Waals surface area contributed by atoms with Gasteiger partial charge in [-0.3, -0.25) is 4.79 Å². The Morgan fingerprint density at radius 3 is 2.53 bits per heavy atom. The molecule has 0 unspecified atom stereocenters. The largest absolute Gasteiger partial charge is 0.350 e. The summed E-state index contributed by atoms with van der Waals surface area (Å²) in [5.41, 5.74) is 0. The lowest BCUT2D eigenvalue weighted by Crippen LogP contribution is -2.28. The van der Waals surface area contributed by atoms with E-state index in [1.54, 1.807) is 0 Å². The number of anilines is 1. The van der Waals surface area contributed by atoms with Gasteiger partial charge in [-0.05, 0) is 14.1 Å². The maximum absolute atomic E-state index is 10.6. The van der Waals surface area contributed by atoms with Gasteiger partial charge < -0.3 is 9.80 Å². The van der Waals surface area contributed by atoms with Crippen LogP contribution in [0.2, 0.25) is 5.15 Å². The van der Waals surface area contributed by atoms with E-state index in [1.165, 1.54) is 11.3 Å². The molecule has 0 atom stereocenters. The number of nitrogens with zero attached hydrogens (tertiary/aromatic N) is 3. The highest BCUT2D eigenvalue weighted by atomic mass is 35.5. The van der Waals surface area contributed by atoms with Crippen molar-refractivity contribution in [1.82, 2.24) is 9.88 Å². The predicted octanol–water partition coefficient (Wildman–Crippen LogP) is 1.61. The molecule has 0 spiro atoms. The Balaban J connectivity index is 2.65. The van der Waals surface area contributed by atoms with Gasteiger partial charge in [-0.1, -0.05) is 22.9 Å². The molecule has 1 heterocycles. The van der Waals surface area contributed by atoms with Gasteiger partial charge in [0.25, 0.3) is 0 Å². The molecule has 4 nitrogen and oxygen atoms in total. The molecule has 84 valence electrons. The molecule has 0 aliphatic rings. The highest BCUT2D eigenvalue weighted by Crippen LogP contribution is 2.27. The zero-order chi connectivity index (χ0) is 11.4. The van der Waals surface area contributed by atoms with Crippen molar-refractivity contribution in [3.63, 3.8) is 0 Å². The Bertz CT molecular complexity index is 340. The summed E-state index contributed by atoms with van der Waals surface area (Å²) in [4.78, 5) is 19.3. The van der Waals surface area contributed by atoms with Gasteiger partial charge in [-0.25, -0.2) is 4.98 Å². The molecule has 0 saturated carbocycles. The molecule has 1 aromatic heterocycles. The summed E-state index contributed by atoms with van der Waals surface area (Å²) in [5.74, 6) is 0. The van der Waals surface area contributed by atoms with Gasteiger partial charge in [0.05, 0.1) is 0 Å². The Hall–Kier alpha value is -0.650. The second kappa shape index (κ2) is 5.44. The number of hydrogen-bond donors (Lipinski definition) is 0. The van der Waals surface area contributed by atoms with Gasteiger partial charge >= 0.3 is 0 Å². The summed E-state index contributed by atoms with van der Waals surface area (Å²) in [5, 5.41) is 1.07. The minimum Gasteiger partial charge on any atom is -0.350 e. The van der Waals surface area contributed by atoms with Crippen molar-refractivity contribution in [2.45, 2.75) is 0 Å². The van der Waals surface area contributed by atoms with Crippen LogP contribution in [0.1, 0.15) is 9.67 Å². The number of rotatable bonds is 5. The molecule has 0 aliphatic heterocycles. The molecular weight excluding hydrogens is 234 g/mol. The van der Waals surface area contributed by atoms with Crippen molar-refractivity contribution in [2.75, 3.05) is 39.1 Å². The lowest BCUT2D eigenvalue weighted by molar-refractivity contribution is 0.112. The molecule has 0 fully saturated rings. The summed E-state index contributed by atoms with van der Waals surface area (Å²) in [7, 11) is 5.96. The normalized spacial score (nSPS) is 10.7. The van der Waals surface area contributed by atoms with Gasteiger partial charge in [0.2, 0.25) is 0 Å². The molecule has 0 aromatic carbocycles. The van der Waals surface area contributed by atoms with Crippen LogP contribution >= 0.6 is 22.9 Å². The van der Waals surface area contributed by atoms with Gasteiger partial charge in [0, 0.05) is 20.1 Å². The first kappa shape index (κ1) is 12.4.